The van der Waals surface area contributed by atoms with E-state index in [1.807, 2.05) is 13.0 Å². The van der Waals surface area contributed by atoms with Crippen LogP contribution in [0.15, 0.2) is 24.3 Å². The van der Waals surface area contributed by atoms with Crippen LogP contribution in [0.1, 0.15) is 17.1 Å². The Bertz CT molecular complexity index is 673. The zero-order chi connectivity index (χ0) is 15.4. The third-order valence-corrected chi connectivity index (χ3v) is 2.97. The van der Waals surface area contributed by atoms with Gasteiger partial charge in [0.25, 0.3) is 5.69 Å². The minimum atomic E-state index is -0.426. The third-order valence-electron chi connectivity index (χ3n) is 2.97. The summed E-state index contributed by atoms with van der Waals surface area (Å²) in [5.41, 5.74) is 1.35. The summed E-state index contributed by atoms with van der Waals surface area (Å²) in [4.78, 5) is 19.0. The fourth-order valence-corrected chi connectivity index (χ4v) is 1.92. The van der Waals surface area contributed by atoms with Crippen molar-refractivity contribution in [2.45, 2.75) is 20.5 Å². The standard InChI is InChI=1S/C14H16N4O3/c1-9-7-13(15-3)17-14(16-9)8-21-12-6-4-5-11(10(12)2)18(19)20/h4-7H,8H2,1-3H3,(H,15,16,17). The van der Waals surface area contributed by atoms with Gasteiger partial charge in [-0.1, -0.05) is 6.07 Å². The first-order chi connectivity index (χ1) is 10.0. The van der Waals surface area contributed by atoms with Gasteiger partial charge in [-0.25, -0.2) is 9.97 Å². The molecule has 1 N–H and O–H groups in total. The number of benzene rings is 1. The number of nitrogens with zero attached hydrogens (tertiary/aromatic N) is 3. The normalized spacial score (nSPS) is 10.2. The molecule has 0 aliphatic rings. The lowest BCUT2D eigenvalue weighted by atomic mass is 10.2. The second kappa shape index (κ2) is 6.17. The smallest absolute Gasteiger partial charge is 0.276 e. The van der Waals surface area contributed by atoms with Crippen molar-refractivity contribution in [2.24, 2.45) is 0 Å². The van der Waals surface area contributed by atoms with Crippen LogP contribution in [0.5, 0.6) is 5.75 Å². The summed E-state index contributed by atoms with van der Waals surface area (Å²) in [5.74, 6) is 1.68. The van der Waals surface area contributed by atoms with Crippen LogP contribution in [0.25, 0.3) is 0 Å². The van der Waals surface area contributed by atoms with Crippen LogP contribution in [0.2, 0.25) is 0 Å². The molecule has 0 amide bonds. The number of hydrogen-bond acceptors (Lipinski definition) is 6. The van der Waals surface area contributed by atoms with E-state index in [1.165, 1.54) is 6.07 Å². The molecular weight excluding hydrogens is 272 g/mol. The van der Waals surface area contributed by atoms with E-state index in [4.69, 9.17) is 4.74 Å². The van der Waals surface area contributed by atoms with Crippen LogP contribution in [0.3, 0.4) is 0 Å². The Hall–Kier alpha value is -2.70. The number of anilines is 1. The van der Waals surface area contributed by atoms with E-state index in [2.05, 4.69) is 15.3 Å². The maximum Gasteiger partial charge on any atom is 0.276 e. The summed E-state index contributed by atoms with van der Waals surface area (Å²) in [6.45, 7) is 3.67. The van der Waals surface area contributed by atoms with Gasteiger partial charge in [-0.05, 0) is 19.9 Å². The third kappa shape index (κ3) is 3.44. The van der Waals surface area contributed by atoms with Gasteiger partial charge in [0.2, 0.25) is 0 Å². The molecule has 0 spiro atoms. The molecule has 0 aliphatic heterocycles. The Balaban J connectivity index is 2.19. The Morgan fingerprint density at radius 3 is 2.76 bits per heavy atom. The number of aromatic nitrogens is 2. The number of nitro benzene ring substituents is 1. The van der Waals surface area contributed by atoms with Crippen LogP contribution in [-0.4, -0.2) is 21.9 Å². The molecule has 0 saturated carbocycles. The monoisotopic (exact) mass is 288 g/mol. The number of hydrogen-bond donors (Lipinski definition) is 1. The van der Waals surface area contributed by atoms with Crippen molar-refractivity contribution in [2.75, 3.05) is 12.4 Å². The van der Waals surface area contributed by atoms with Crippen molar-refractivity contribution in [1.82, 2.24) is 9.97 Å². The maximum absolute atomic E-state index is 10.9. The van der Waals surface area contributed by atoms with Gasteiger partial charge in [0, 0.05) is 24.9 Å². The van der Waals surface area contributed by atoms with E-state index < -0.39 is 4.92 Å². The van der Waals surface area contributed by atoms with Gasteiger partial charge in [-0.3, -0.25) is 10.1 Å². The van der Waals surface area contributed by atoms with E-state index >= 15 is 0 Å². The zero-order valence-corrected chi connectivity index (χ0v) is 12.1. The van der Waals surface area contributed by atoms with Gasteiger partial charge < -0.3 is 10.1 Å². The Morgan fingerprint density at radius 2 is 2.10 bits per heavy atom. The van der Waals surface area contributed by atoms with Crippen molar-refractivity contribution in [3.05, 3.63) is 51.5 Å². The summed E-state index contributed by atoms with van der Waals surface area (Å²) < 4.78 is 5.61. The summed E-state index contributed by atoms with van der Waals surface area (Å²) in [6.07, 6.45) is 0. The molecule has 7 nitrogen and oxygen atoms in total. The van der Waals surface area contributed by atoms with Gasteiger partial charge in [-0.2, -0.15) is 0 Å². The van der Waals surface area contributed by atoms with Crippen molar-refractivity contribution in [3.8, 4) is 5.75 Å². The van der Waals surface area contributed by atoms with Crippen molar-refractivity contribution in [3.63, 3.8) is 0 Å². The lowest BCUT2D eigenvalue weighted by Gasteiger charge is -2.09. The second-order valence-corrected chi connectivity index (χ2v) is 4.51. The lowest BCUT2D eigenvalue weighted by molar-refractivity contribution is -0.385. The van der Waals surface area contributed by atoms with E-state index in [-0.39, 0.29) is 12.3 Å². The number of aryl methyl sites for hydroxylation is 1. The minimum Gasteiger partial charge on any atom is -0.485 e. The van der Waals surface area contributed by atoms with E-state index in [9.17, 15) is 10.1 Å². The molecule has 7 heteroatoms. The summed E-state index contributed by atoms with van der Waals surface area (Å²) >= 11 is 0. The van der Waals surface area contributed by atoms with E-state index in [0.29, 0.717) is 23.0 Å². The Labute approximate surface area is 122 Å². The fourth-order valence-electron chi connectivity index (χ4n) is 1.92. The summed E-state index contributed by atoms with van der Waals surface area (Å²) in [7, 11) is 1.77. The van der Waals surface area contributed by atoms with Gasteiger partial charge in [0.05, 0.1) is 10.5 Å². The summed E-state index contributed by atoms with van der Waals surface area (Å²) in [5, 5.41) is 13.8. The highest BCUT2D eigenvalue weighted by atomic mass is 16.6. The first kappa shape index (κ1) is 14.7. The van der Waals surface area contributed by atoms with Crippen LogP contribution in [0.4, 0.5) is 11.5 Å². The van der Waals surface area contributed by atoms with Gasteiger partial charge in [0.15, 0.2) is 5.82 Å². The first-order valence-corrected chi connectivity index (χ1v) is 6.40. The molecule has 0 aliphatic carbocycles. The molecule has 0 unspecified atom stereocenters. The second-order valence-electron chi connectivity index (χ2n) is 4.51. The molecule has 0 fully saturated rings. The van der Waals surface area contributed by atoms with Crippen molar-refractivity contribution >= 4 is 11.5 Å². The molecule has 2 aromatic rings. The van der Waals surface area contributed by atoms with Gasteiger partial charge in [-0.15, -0.1) is 0 Å². The first-order valence-electron chi connectivity index (χ1n) is 6.40. The van der Waals surface area contributed by atoms with Crippen LogP contribution < -0.4 is 10.1 Å². The molecular formula is C14H16N4O3. The highest BCUT2D eigenvalue weighted by Crippen LogP contribution is 2.27. The van der Waals surface area contributed by atoms with Crippen LogP contribution in [0, 0.1) is 24.0 Å². The molecule has 0 atom stereocenters. The van der Waals surface area contributed by atoms with Crippen LogP contribution in [-0.2, 0) is 6.61 Å². The lowest BCUT2D eigenvalue weighted by Crippen LogP contribution is -2.06. The molecule has 0 saturated heterocycles. The molecule has 1 aromatic carbocycles. The topological polar surface area (TPSA) is 90.2 Å². The number of ether oxygens (including phenoxy) is 1. The number of nitrogens with one attached hydrogen (secondary N) is 1. The molecule has 2 rings (SSSR count). The highest BCUT2D eigenvalue weighted by Gasteiger charge is 2.14. The Morgan fingerprint density at radius 1 is 1.33 bits per heavy atom. The predicted molar refractivity (Wildman–Crippen MR) is 78.5 cm³/mol. The molecule has 1 aromatic heterocycles. The molecule has 1 heterocycles. The SMILES string of the molecule is CNc1cc(C)nc(COc2cccc([N+](=O)[O-])c2C)n1. The van der Waals surface area contributed by atoms with Crippen LogP contribution >= 0.6 is 0 Å². The Kier molecular flexibility index (Phi) is 4.32. The molecule has 21 heavy (non-hydrogen) atoms. The van der Waals surface area contributed by atoms with Crippen molar-refractivity contribution in [1.29, 1.82) is 0 Å². The van der Waals surface area contributed by atoms with E-state index in [0.717, 1.165) is 5.69 Å². The highest BCUT2D eigenvalue weighted by molar-refractivity contribution is 5.48. The van der Waals surface area contributed by atoms with E-state index in [1.54, 1.807) is 26.1 Å². The van der Waals surface area contributed by atoms with Crippen molar-refractivity contribution < 1.29 is 9.66 Å². The fraction of sp³-hybridized carbons (Fsp3) is 0.286. The average molecular weight is 288 g/mol. The largest absolute Gasteiger partial charge is 0.485 e. The molecule has 0 bridgehead atoms. The predicted octanol–water partition coefficient (Wildman–Crippen LogP) is 2.62. The number of nitro groups is 1. The van der Waals surface area contributed by atoms with Gasteiger partial charge in [0.1, 0.15) is 18.2 Å². The maximum atomic E-state index is 10.9. The van der Waals surface area contributed by atoms with Gasteiger partial charge >= 0.3 is 0 Å². The zero-order valence-electron chi connectivity index (χ0n) is 12.1. The molecule has 110 valence electrons. The average Bonchev–Trinajstić information content (AvgIpc) is 2.45. The molecule has 0 radical (unpaired) electrons. The quantitative estimate of drug-likeness (QED) is 0.672. The summed E-state index contributed by atoms with van der Waals surface area (Å²) in [6, 6.07) is 6.56. The number of rotatable bonds is 5. The minimum absolute atomic E-state index is 0.0357.